The molecule has 0 radical (unpaired) electrons. The second-order valence-electron chi connectivity index (χ2n) is 6.22. The van der Waals surface area contributed by atoms with Gasteiger partial charge < -0.3 is 9.30 Å². The van der Waals surface area contributed by atoms with Crippen molar-refractivity contribution in [1.29, 1.82) is 0 Å². The van der Waals surface area contributed by atoms with Crippen molar-refractivity contribution in [3.63, 3.8) is 0 Å². The first-order valence-corrected chi connectivity index (χ1v) is 9.15. The molecule has 0 fully saturated rings. The van der Waals surface area contributed by atoms with Crippen molar-refractivity contribution in [1.82, 2.24) is 15.0 Å². The van der Waals surface area contributed by atoms with Crippen molar-refractivity contribution in [2.24, 2.45) is 5.10 Å². The summed E-state index contributed by atoms with van der Waals surface area (Å²) in [5, 5.41) is 4.04. The molecule has 0 aliphatic rings. The SMILES string of the molecule is CCCOc1ccc(/C=N\NC(=O)c2ccc3c(c2)nc(C)n3CC)cc1. The monoisotopic (exact) mass is 364 g/mol. The molecule has 0 aliphatic heterocycles. The summed E-state index contributed by atoms with van der Waals surface area (Å²) in [7, 11) is 0. The van der Waals surface area contributed by atoms with Crippen molar-refractivity contribution in [2.45, 2.75) is 33.7 Å². The smallest absolute Gasteiger partial charge is 0.271 e. The lowest BCUT2D eigenvalue weighted by Gasteiger charge is -2.04. The average molecular weight is 364 g/mol. The third-order valence-electron chi connectivity index (χ3n) is 4.25. The molecule has 0 aliphatic carbocycles. The minimum absolute atomic E-state index is 0.264. The first-order chi connectivity index (χ1) is 13.1. The largest absolute Gasteiger partial charge is 0.494 e. The van der Waals surface area contributed by atoms with Crippen molar-refractivity contribution < 1.29 is 9.53 Å². The standard InChI is InChI=1S/C21H24N4O2/c1-4-12-27-18-9-6-16(7-10-18)14-22-24-21(26)17-8-11-20-19(13-17)23-15(3)25(20)5-2/h6-11,13-14H,4-5,12H2,1-3H3,(H,24,26)/b22-14-. The molecule has 1 amide bonds. The molecule has 6 heteroatoms. The van der Waals surface area contributed by atoms with Crippen LogP contribution in [-0.2, 0) is 6.54 Å². The predicted octanol–water partition coefficient (Wildman–Crippen LogP) is 3.92. The van der Waals surface area contributed by atoms with Gasteiger partial charge in [0, 0.05) is 12.1 Å². The van der Waals surface area contributed by atoms with Gasteiger partial charge >= 0.3 is 0 Å². The fourth-order valence-corrected chi connectivity index (χ4v) is 2.89. The number of hydrazone groups is 1. The number of hydrogen-bond donors (Lipinski definition) is 1. The topological polar surface area (TPSA) is 68.5 Å². The molecule has 1 heterocycles. The lowest BCUT2D eigenvalue weighted by Crippen LogP contribution is -2.17. The van der Waals surface area contributed by atoms with E-state index in [1.165, 1.54) is 0 Å². The number of rotatable bonds is 7. The molecule has 0 bridgehead atoms. The predicted molar refractivity (Wildman–Crippen MR) is 107 cm³/mol. The Bertz CT molecular complexity index is 958. The van der Waals surface area contributed by atoms with Crippen LogP contribution in [0.4, 0.5) is 0 Å². The van der Waals surface area contributed by atoms with Crippen LogP contribution in [-0.4, -0.2) is 28.3 Å². The number of ether oxygens (including phenoxy) is 1. The molecule has 0 saturated carbocycles. The highest BCUT2D eigenvalue weighted by molar-refractivity contribution is 5.97. The van der Waals surface area contributed by atoms with Gasteiger partial charge in [-0.3, -0.25) is 4.79 Å². The normalized spacial score (nSPS) is 11.2. The van der Waals surface area contributed by atoms with E-state index >= 15 is 0 Å². The van der Waals surface area contributed by atoms with Crippen LogP contribution in [0.1, 0.15) is 42.0 Å². The number of hydrogen-bond acceptors (Lipinski definition) is 4. The molecule has 0 saturated heterocycles. The zero-order valence-corrected chi connectivity index (χ0v) is 15.9. The summed E-state index contributed by atoms with van der Waals surface area (Å²) in [5.74, 6) is 1.50. The molecule has 0 spiro atoms. The van der Waals surface area contributed by atoms with E-state index in [1.54, 1.807) is 18.3 Å². The number of nitrogens with one attached hydrogen (secondary N) is 1. The van der Waals surface area contributed by atoms with E-state index in [4.69, 9.17) is 4.74 Å². The van der Waals surface area contributed by atoms with E-state index in [-0.39, 0.29) is 5.91 Å². The summed E-state index contributed by atoms with van der Waals surface area (Å²) in [5.41, 5.74) is 5.82. The molecule has 2 aromatic carbocycles. The van der Waals surface area contributed by atoms with Crippen LogP contribution >= 0.6 is 0 Å². The van der Waals surface area contributed by atoms with Gasteiger partial charge in [-0.15, -0.1) is 0 Å². The number of aromatic nitrogens is 2. The van der Waals surface area contributed by atoms with E-state index < -0.39 is 0 Å². The number of aryl methyl sites for hydroxylation is 2. The van der Waals surface area contributed by atoms with Gasteiger partial charge in [-0.2, -0.15) is 5.10 Å². The van der Waals surface area contributed by atoms with E-state index in [9.17, 15) is 4.79 Å². The lowest BCUT2D eigenvalue weighted by atomic mass is 10.2. The Morgan fingerprint density at radius 2 is 2.00 bits per heavy atom. The quantitative estimate of drug-likeness (QED) is 0.510. The van der Waals surface area contributed by atoms with Gasteiger partial charge in [-0.25, -0.2) is 10.4 Å². The van der Waals surface area contributed by atoms with Crippen LogP contribution < -0.4 is 10.2 Å². The molecular formula is C21H24N4O2. The van der Waals surface area contributed by atoms with Crippen LogP contribution in [0.5, 0.6) is 5.75 Å². The third kappa shape index (κ3) is 4.34. The van der Waals surface area contributed by atoms with Gasteiger partial charge in [-0.1, -0.05) is 6.92 Å². The van der Waals surface area contributed by atoms with Crippen molar-refractivity contribution in [2.75, 3.05) is 6.61 Å². The number of nitrogens with zero attached hydrogens (tertiary/aromatic N) is 3. The maximum atomic E-state index is 12.3. The summed E-state index contributed by atoms with van der Waals surface area (Å²) < 4.78 is 7.66. The van der Waals surface area contributed by atoms with Gasteiger partial charge in [0.05, 0.1) is 23.9 Å². The Labute approximate surface area is 158 Å². The summed E-state index contributed by atoms with van der Waals surface area (Å²) in [4.78, 5) is 16.8. The van der Waals surface area contributed by atoms with Crippen LogP contribution in [0.2, 0.25) is 0 Å². The summed E-state index contributed by atoms with van der Waals surface area (Å²) in [6, 6.07) is 13.1. The summed E-state index contributed by atoms with van der Waals surface area (Å²) in [6.07, 6.45) is 2.58. The van der Waals surface area contributed by atoms with Gasteiger partial charge in [0.1, 0.15) is 11.6 Å². The zero-order valence-electron chi connectivity index (χ0n) is 15.9. The van der Waals surface area contributed by atoms with E-state index in [2.05, 4.69) is 33.9 Å². The Morgan fingerprint density at radius 3 is 2.70 bits per heavy atom. The second-order valence-corrected chi connectivity index (χ2v) is 6.22. The Balaban J connectivity index is 1.65. The van der Waals surface area contributed by atoms with Gasteiger partial charge in [0.2, 0.25) is 0 Å². The molecular weight excluding hydrogens is 340 g/mol. The van der Waals surface area contributed by atoms with E-state index in [1.807, 2.05) is 37.3 Å². The number of carbonyl (C=O) groups excluding carboxylic acids is 1. The minimum atomic E-state index is -0.264. The number of imidazole rings is 1. The maximum absolute atomic E-state index is 12.3. The molecule has 27 heavy (non-hydrogen) atoms. The van der Waals surface area contributed by atoms with Crippen molar-refractivity contribution >= 4 is 23.2 Å². The second kappa shape index (κ2) is 8.49. The molecule has 0 atom stereocenters. The molecule has 3 rings (SSSR count). The Hall–Kier alpha value is -3.15. The van der Waals surface area contributed by atoms with Gasteiger partial charge in [-0.05, 0) is 68.3 Å². The highest BCUT2D eigenvalue weighted by atomic mass is 16.5. The zero-order chi connectivity index (χ0) is 19.2. The van der Waals surface area contributed by atoms with E-state index in [0.29, 0.717) is 12.2 Å². The fraction of sp³-hybridized carbons (Fsp3) is 0.286. The van der Waals surface area contributed by atoms with E-state index in [0.717, 1.165) is 41.1 Å². The Morgan fingerprint density at radius 1 is 1.22 bits per heavy atom. The van der Waals surface area contributed by atoms with Crippen molar-refractivity contribution in [3.05, 3.63) is 59.4 Å². The first-order valence-electron chi connectivity index (χ1n) is 9.15. The third-order valence-corrected chi connectivity index (χ3v) is 4.25. The molecule has 140 valence electrons. The molecule has 3 aromatic rings. The van der Waals surface area contributed by atoms with Crippen LogP contribution in [0.3, 0.4) is 0 Å². The molecule has 1 N–H and O–H groups in total. The molecule has 1 aromatic heterocycles. The molecule has 6 nitrogen and oxygen atoms in total. The minimum Gasteiger partial charge on any atom is -0.494 e. The number of amides is 1. The van der Waals surface area contributed by atoms with Crippen LogP contribution in [0.15, 0.2) is 47.6 Å². The maximum Gasteiger partial charge on any atom is 0.271 e. The highest BCUT2D eigenvalue weighted by Crippen LogP contribution is 2.17. The summed E-state index contributed by atoms with van der Waals surface area (Å²) >= 11 is 0. The lowest BCUT2D eigenvalue weighted by molar-refractivity contribution is 0.0955. The van der Waals surface area contributed by atoms with Crippen molar-refractivity contribution in [3.8, 4) is 5.75 Å². The first kappa shape index (κ1) is 18.6. The number of carbonyl (C=O) groups is 1. The number of benzene rings is 2. The highest BCUT2D eigenvalue weighted by Gasteiger charge is 2.10. The van der Waals surface area contributed by atoms with Crippen LogP contribution in [0.25, 0.3) is 11.0 Å². The average Bonchev–Trinajstić information content (AvgIpc) is 3.01. The molecule has 0 unspecified atom stereocenters. The van der Waals surface area contributed by atoms with Crippen LogP contribution in [0, 0.1) is 6.92 Å². The summed E-state index contributed by atoms with van der Waals surface area (Å²) in [6.45, 7) is 7.65. The van der Waals surface area contributed by atoms with Gasteiger partial charge in [0.25, 0.3) is 5.91 Å². The van der Waals surface area contributed by atoms with Gasteiger partial charge in [0.15, 0.2) is 0 Å². The Kier molecular flexibility index (Phi) is 5.86. The fourth-order valence-electron chi connectivity index (χ4n) is 2.89. The number of fused-ring (bicyclic) bond motifs is 1.